The number of carbonyl (C=O) groups is 2. The number of benzene rings is 3. The number of ether oxygens (including phenoxy) is 3. The van der Waals surface area contributed by atoms with E-state index in [9.17, 15) is 9.59 Å². The Morgan fingerprint density at radius 2 is 1.76 bits per heavy atom. The fourth-order valence-electron chi connectivity index (χ4n) is 5.06. The van der Waals surface area contributed by atoms with Crippen LogP contribution in [0.25, 0.3) is 0 Å². The Hall–Kier alpha value is -3.52. The van der Waals surface area contributed by atoms with Crippen LogP contribution in [-0.4, -0.2) is 50.7 Å². The van der Waals surface area contributed by atoms with Gasteiger partial charge in [-0.3, -0.25) is 9.59 Å². The molecule has 1 aliphatic heterocycles. The van der Waals surface area contributed by atoms with E-state index in [-0.39, 0.29) is 24.6 Å². The molecular weight excluding hydrogens is 548 g/mol. The molecule has 38 heavy (non-hydrogen) atoms. The number of halogens is 1. The summed E-state index contributed by atoms with van der Waals surface area (Å²) in [4.78, 5) is 29.0. The fourth-order valence-corrected chi connectivity index (χ4v) is 5.51. The smallest absolute Gasteiger partial charge is 0.293 e. The molecule has 0 spiro atoms. The molecule has 2 atom stereocenters. The lowest BCUT2D eigenvalue weighted by atomic mass is 9.92. The number of nitrogens with zero attached hydrogens (tertiary/aromatic N) is 2. The summed E-state index contributed by atoms with van der Waals surface area (Å²) in [5.74, 6) is 1.26. The summed E-state index contributed by atoms with van der Waals surface area (Å²) >= 11 is 3.52. The van der Waals surface area contributed by atoms with Crippen molar-refractivity contribution in [1.29, 1.82) is 0 Å². The standard InChI is InChI=1S/C30H33BrN2O5/c1-21(19-38-20-34)32-13-12-26(25-16-28(36-2)29(37-3)17-27(25)32)33(18-22-8-5-4-6-9-22)30(35)15-23-10-7-11-24(31)14-23/h4-11,14,16-17,20-21,26H,12-13,15,18-19H2,1-3H3. The first-order valence-electron chi connectivity index (χ1n) is 12.6. The molecule has 3 aromatic rings. The molecule has 7 nitrogen and oxygen atoms in total. The summed E-state index contributed by atoms with van der Waals surface area (Å²) in [7, 11) is 3.22. The maximum absolute atomic E-state index is 14.0. The highest BCUT2D eigenvalue weighted by molar-refractivity contribution is 9.10. The van der Waals surface area contributed by atoms with E-state index in [4.69, 9.17) is 14.2 Å². The van der Waals surface area contributed by atoms with Crippen molar-refractivity contribution in [1.82, 2.24) is 4.90 Å². The van der Waals surface area contributed by atoms with Crippen molar-refractivity contribution in [3.63, 3.8) is 0 Å². The van der Waals surface area contributed by atoms with E-state index < -0.39 is 0 Å². The van der Waals surface area contributed by atoms with Crippen molar-refractivity contribution in [2.24, 2.45) is 0 Å². The predicted octanol–water partition coefficient (Wildman–Crippen LogP) is 5.55. The molecule has 4 rings (SSSR count). The first-order valence-corrected chi connectivity index (χ1v) is 13.4. The van der Waals surface area contributed by atoms with Crippen LogP contribution in [0.5, 0.6) is 11.5 Å². The Bertz CT molecular complexity index is 1250. The highest BCUT2D eigenvalue weighted by atomic mass is 79.9. The number of fused-ring (bicyclic) bond motifs is 1. The highest BCUT2D eigenvalue weighted by Gasteiger charge is 2.35. The van der Waals surface area contributed by atoms with E-state index in [2.05, 4.69) is 20.8 Å². The van der Waals surface area contributed by atoms with Gasteiger partial charge < -0.3 is 24.0 Å². The molecule has 0 aliphatic carbocycles. The minimum Gasteiger partial charge on any atom is -0.493 e. The van der Waals surface area contributed by atoms with Crippen LogP contribution < -0.4 is 14.4 Å². The lowest BCUT2D eigenvalue weighted by Gasteiger charge is -2.43. The molecule has 1 heterocycles. The Morgan fingerprint density at radius 3 is 2.45 bits per heavy atom. The average Bonchev–Trinajstić information content (AvgIpc) is 2.93. The van der Waals surface area contributed by atoms with Crippen molar-refractivity contribution in [3.05, 3.63) is 87.9 Å². The SMILES string of the molecule is COc1cc2c(cc1OC)N(C(C)COC=O)CCC2N(Cc1ccccc1)C(=O)Cc1cccc(Br)c1. The number of hydrogen-bond donors (Lipinski definition) is 0. The monoisotopic (exact) mass is 580 g/mol. The van der Waals surface area contributed by atoms with E-state index in [0.717, 1.165) is 26.9 Å². The molecule has 1 amide bonds. The van der Waals surface area contributed by atoms with Gasteiger partial charge in [-0.05, 0) is 42.7 Å². The van der Waals surface area contributed by atoms with Gasteiger partial charge in [-0.15, -0.1) is 0 Å². The van der Waals surface area contributed by atoms with Gasteiger partial charge in [0.25, 0.3) is 6.47 Å². The van der Waals surface area contributed by atoms with Crippen LogP contribution in [0.15, 0.2) is 71.2 Å². The van der Waals surface area contributed by atoms with Crippen LogP contribution in [0.3, 0.4) is 0 Å². The summed E-state index contributed by atoms with van der Waals surface area (Å²) < 4.78 is 17.3. The Morgan fingerprint density at radius 1 is 1.05 bits per heavy atom. The fraction of sp³-hybridized carbons (Fsp3) is 0.333. The van der Waals surface area contributed by atoms with Crippen molar-refractivity contribution in [2.45, 2.75) is 38.4 Å². The molecule has 8 heteroatoms. The second kappa shape index (κ2) is 12.8. The number of carbonyl (C=O) groups excluding carboxylic acids is 2. The van der Waals surface area contributed by atoms with Gasteiger partial charge in [0.15, 0.2) is 11.5 Å². The molecule has 0 radical (unpaired) electrons. The second-order valence-electron chi connectivity index (χ2n) is 9.36. The quantitative estimate of drug-likeness (QED) is 0.277. The number of hydrogen-bond acceptors (Lipinski definition) is 6. The van der Waals surface area contributed by atoms with Gasteiger partial charge in [0.05, 0.1) is 32.7 Å². The molecule has 0 aromatic heterocycles. The molecular formula is C30H33BrN2O5. The predicted molar refractivity (Wildman–Crippen MR) is 151 cm³/mol. The largest absolute Gasteiger partial charge is 0.493 e. The van der Waals surface area contributed by atoms with Crippen LogP contribution in [0.2, 0.25) is 0 Å². The lowest BCUT2D eigenvalue weighted by molar-refractivity contribution is -0.134. The molecule has 3 aromatic carbocycles. The van der Waals surface area contributed by atoms with Crippen molar-refractivity contribution >= 4 is 34.0 Å². The van der Waals surface area contributed by atoms with Gasteiger partial charge in [-0.2, -0.15) is 0 Å². The van der Waals surface area contributed by atoms with Crippen molar-refractivity contribution < 1.29 is 23.8 Å². The highest BCUT2D eigenvalue weighted by Crippen LogP contribution is 2.45. The first kappa shape index (κ1) is 27.5. The summed E-state index contributed by atoms with van der Waals surface area (Å²) in [6.45, 7) is 3.92. The van der Waals surface area contributed by atoms with Gasteiger partial charge in [-0.1, -0.05) is 58.4 Å². The molecule has 2 unspecified atom stereocenters. The molecule has 0 saturated heterocycles. The maximum atomic E-state index is 14.0. The van der Waals surface area contributed by atoms with Crippen molar-refractivity contribution in [2.75, 3.05) is 32.3 Å². The van der Waals surface area contributed by atoms with Gasteiger partial charge in [0.2, 0.25) is 5.91 Å². The third-order valence-corrected chi connectivity index (χ3v) is 7.41. The zero-order chi connectivity index (χ0) is 27.1. The first-order chi connectivity index (χ1) is 18.4. The summed E-state index contributed by atoms with van der Waals surface area (Å²) in [5, 5.41) is 0. The average molecular weight is 582 g/mol. The van der Waals surface area contributed by atoms with Crippen LogP contribution in [0.1, 0.15) is 36.1 Å². The molecule has 0 saturated carbocycles. The summed E-state index contributed by atoms with van der Waals surface area (Å²) in [5.41, 5.74) is 3.93. The number of methoxy groups -OCH3 is 2. The number of anilines is 1. The third-order valence-electron chi connectivity index (χ3n) is 6.92. The molecule has 1 aliphatic rings. The van der Waals surface area contributed by atoms with E-state index in [1.807, 2.05) is 78.6 Å². The minimum absolute atomic E-state index is 0.0449. The van der Waals surface area contributed by atoms with E-state index in [1.165, 1.54) is 0 Å². The topological polar surface area (TPSA) is 68.3 Å². The Balaban J connectivity index is 1.76. The van der Waals surface area contributed by atoms with Crippen LogP contribution >= 0.6 is 15.9 Å². The van der Waals surface area contributed by atoms with Crippen LogP contribution in [-0.2, 0) is 27.3 Å². The Kier molecular flexibility index (Phi) is 9.29. The molecule has 0 N–H and O–H groups in total. The number of amides is 1. The van der Waals surface area contributed by atoms with Crippen LogP contribution in [0, 0.1) is 0 Å². The lowest BCUT2D eigenvalue weighted by Crippen LogP contribution is -2.45. The third kappa shape index (κ3) is 6.30. The second-order valence-corrected chi connectivity index (χ2v) is 10.3. The summed E-state index contributed by atoms with van der Waals surface area (Å²) in [6.07, 6.45) is 1.00. The van der Waals surface area contributed by atoms with Gasteiger partial charge in [-0.25, -0.2) is 0 Å². The van der Waals surface area contributed by atoms with E-state index in [0.29, 0.717) is 43.9 Å². The molecule has 0 fully saturated rings. The molecule has 200 valence electrons. The summed E-state index contributed by atoms with van der Waals surface area (Å²) in [6, 6.07) is 21.6. The van der Waals surface area contributed by atoms with Gasteiger partial charge in [0, 0.05) is 34.9 Å². The normalized spacial score (nSPS) is 15.3. The minimum atomic E-state index is -0.180. The number of rotatable bonds is 11. The molecule has 0 bridgehead atoms. The van der Waals surface area contributed by atoms with Gasteiger partial charge in [0.1, 0.15) is 6.61 Å². The van der Waals surface area contributed by atoms with Crippen molar-refractivity contribution in [3.8, 4) is 11.5 Å². The van der Waals surface area contributed by atoms with E-state index in [1.54, 1.807) is 14.2 Å². The Labute approximate surface area is 232 Å². The zero-order valence-electron chi connectivity index (χ0n) is 21.9. The maximum Gasteiger partial charge on any atom is 0.293 e. The van der Waals surface area contributed by atoms with Crippen LogP contribution in [0.4, 0.5) is 5.69 Å². The zero-order valence-corrected chi connectivity index (χ0v) is 23.5. The van der Waals surface area contributed by atoms with E-state index >= 15 is 0 Å². The van der Waals surface area contributed by atoms with Gasteiger partial charge >= 0.3 is 0 Å².